The standard InChI is InChI=1S/C12H15ClN2/c1-8(2)15-7-9(6-14)11-4-3-10(13)5-12(11)15/h3-5,7-8H,6,14H2,1-2H3. The zero-order chi connectivity index (χ0) is 11.0. The molecule has 3 heteroatoms. The van der Waals surface area contributed by atoms with Crippen LogP contribution in [0.25, 0.3) is 10.9 Å². The highest BCUT2D eigenvalue weighted by molar-refractivity contribution is 6.31. The Labute approximate surface area is 94.6 Å². The second-order valence-electron chi connectivity index (χ2n) is 4.02. The third-order valence-electron chi connectivity index (χ3n) is 2.66. The summed E-state index contributed by atoms with van der Waals surface area (Å²) < 4.78 is 2.21. The van der Waals surface area contributed by atoms with Crippen LogP contribution in [0.1, 0.15) is 25.5 Å². The lowest BCUT2D eigenvalue weighted by molar-refractivity contribution is 0.621. The molecule has 1 aromatic heterocycles. The second-order valence-corrected chi connectivity index (χ2v) is 4.46. The molecule has 0 spiro atoms. The van der Waals surface area contributed by atoms with Crippen LogP contribution in [0.5, 0.6) is 0 Å². The first-order valence-corrected chi connectivity index (χ1v) is 5.50. The van der Waals surface area contributed by atoms with Crippen molar-refractivity contribution in [1.29, 1.82) is 0 Å². The van der Waals surface area contributed by atoms with Crippen molar-refractivity contribution in [2.24, 2.45) is 5.73 Å². The van der Waals surface area contributed by atoms with Crippen molar-refractivity contribution in [2.75, 3.05) is 0 Å². The lowest BCUT2D eigenvalue weighted by Gasteiger charge is -2.08. The molecule has 0 bridgehead atoms. The molecule has 15 heavy (non-hydrogen) atoms. The third kappa shape index (κ3) is 1.75. The van der Waals surface area contributed by atoms with Gasteiger partial charge in [-0.1, -0.05) is 17.7 Å². The quantitative estimate of drug-likeness (QED) is 0.830. The lowest BCUT2D eigenvalue weighted by Crippen LogP contribution is -1.98. The van der Waals surface area contributed by atoms with Crippen LogP contribution in [-0.2, 0) is 6.54 Å². The molecule has 2 rings (SSSR count). The zero-order valence-corrected chi connectivity index (χ0v) is 9.75. The van der Waals surface area contributed by atoms with E-state index in [9.17, 15) is 0 Å². The number of fused-ring (bicyclic) bond motifs is 1. The van der Waals surface area contributed by atoms with Gasteiger partial charge < -0.3 is 10.3 Å². The van der Waals surface area contributed by atoms with Crippen molar-refractivity contribution in [3.8, 4) is 0 Å². The molecule has 0 unspecified atom stereocenters. The van der Waals surface area contributed by atoms with E-state index in [2.05, 4.69) is 24.6 Å². The van der Waals surface area contributed by atoms with Crippen molar-refractivity contribution < 1.29 is 0 Å². The maximum atomic E-state index is 6.00. The highest BCUT2D eigenvalue weighted by Crippen LogP contribution is 2.27. The van der Waals surface area contributed by atoms with Gasteiger partial charge in [0.25, 0.3) is 0 Å². The summed E-state index contributed by atoms with van der Waals surface area (Å²) in [5, 5.41) is 1.97. The molecule has 0 atom stereocenters. The smallest absolute Gasteiger partial charge is 0.0501 e. The van der Waals surface area contributed by atoms with E-state index in [1.807, 2.05) is 18.2 Å². The van der Waals surface area contributed by atoms with Gasteiger partial charge in [-0.15, -0.1) is 0 Å². The van der Waals surface area contributed by atoms with Crippen molar-refractivity contribution in [3.63, 3.8) is 0 Å². The fourth-order valence-corrected chi connectivity index (χ4v) is 2.05. The van der Waals surface area contributed by atoms with Crippen LogP contribution in [0.4, 0.5) is 0 Å². The van der Waals surface area contributed by atoms with E-state index < -0.39 is 0 Å². The van der Waals surface area contributed by atoms with E-state index >= 15 is 0 Å². The van der Waals surface area contributed by atoms with Crippen molar-refractivity contribution in [2.45, 2.75) is 26.4 Å². The normalized spacial score (nSPS) is 11.5. The minimum absolute atomic E-state index is 0.422. The molecule has 0 fully saturated rings. The molecule has 1 aromatic carbocycles. The molecule has 0 saturated heterocycles. The molecule has 2 aromatic rings. The molecule has 0 aliphatic heterocycles. The maximum absolute atomic E-state index is 6.00. The molecule has 2 nitrogen and oxygen atoms in total. The van der Waals surface area contributed by atoms with E-state index in [1.54, 1.807) is 0 Å². The number of benzene rings is 1. The predicted octanol–water partition coefficient (Wildman–Crippen LogP) is 3.33. The number of aromatic nitrogens is 1. The number of halogens is 1. The van der Waals surface area contributed by atoms with Crippen LogP contribution in [0.2, 0.25) is 5.02 Å². The van der Waals surface area contributed by atoms with Crippen LogP contribution >= 0.6 is 11.6 Å². The maximum Gasteiger partial charge on any atom is 0.0501 e. The topological polar surface area (TPSA) is 30.9 Å². The minimum atomic E-state index is 0.422. The fourth-order valence-electron chi connectivity index (χ4n) is 1.89. The number of rotatable bonds is 2. The van der Waals surface area contributed by atoms with Gasteiger partial charge in [-0.05, 0) is 31.5 Å². The minimum Gasteiger partial charge on any atom is -0.345 e. The monoisotopic (exact) mass is 222 g/mol. The average Bonchev–Trinajstić information content (AvgIpc) is 2.55. The predicted molar refractivity (Wildman–Crippen MR) is 65.2 cm³/mol. The van der Waals surface area contributed by atoms with Gasteiger partial charge in [0, 0.05) is 29.2 Å². The lowest BCUT2D eigenvalue weighted by atomic mass is 10.2. The first kappa shape index (κ1) is 10.5. The van der Waals surface area contributed by atoms with E-state index in [4.69, 9.17) is 17.3 Å². The number of hydrogen-bond acceptors (Lipinski definition) is 1. The molecule has 0 amide bonds. The molecule has 0 aliphatic carbocycles. The molecule has 0 radical (unpaired) electrons. The zero-order valence-electron chi connectivity index (χ0n) is 9.00. The third-order valence-corrected chi connectivity index (χ3v) is 2.89. The Hall–Kier alpha value is -0.990. The van der Waals surface area contributed by atoms with Crippen LogP contribution < -0.4 is 5.73 Å². The Morgan fingerprint density at radius 1 is 1.40 bits per heavy atom. The summed E-state index contributed by atoms with van der Waals surface area (Å²) in [5.41, 5.74) is 8.06. The summed E-state index contributed by atoms with van der Waals surface area (Å²) in [6.07, 6.45) is 2.12. The van der Waals surface area contributed by atoms with E-state index in [0.29, 0.717) is 12.6 Å². The molecule has 0 saturated carbocycles. The second kappa shape index (κ2) is 3.87. The van der Waals surface area contributed by atoms with Crippen molar-refractivity contribution >= 4 is 22.5 Å². The first-order valence-electron chi connectivity index (χ1n) is 5.12. The molecule has 0 aliphatic rings. The molecular weight excluding hydrogens is 208 g/mol. The number of hydrogen-bond donors (Lipinski definition) is 1. The van der Waals surface area contributed by atoms with Gasteiger partial charge in [-0.25, -0.2) is 0 Å². The van der Waals surface area contributed by atoms with Crippen LogP contribution in [-0.4, -0.2) is 4.57 Å². The van der Waals surface area contributed by atoms with Gasteiger partial charge in [0.05, 0.1) is 5.52 Å². The largest absolute Gasteiger partial charge is 0.345 e. The summed E-state index contributed by atoms with van der Waals surface area (Å²) in [6.45, 7) is 4.87. The van der Waals surface area contributed by atoms with Gasteiger partial charge in [-0.3, -0.25) is 0 Å². The molecule has 1 heterocycles. The highest BCUT2D eigenvalue weighted by atomic mass is 35.5. The van der Waals surface area contributed by atoms with Crippen molar-refractivity contribution in [1.82, 2.24) is 4.57 Å². The van der Waals surface area contributed by atoms with Crippen LogP contribution in [0.15, 0.2) is 24.4 Å². The van der Waals surface area contributed by atoms with Gasteiger partial charge in [-0.2, -0.15) is 0 Å². The summed E-state index contributed by atoms with van der Waals surface area (Å²) in [5.74, 6) is 0. The summed E-state index contributed by atoms with van der Waals surface area (Å²) in [7, 11) is 0. The fraction of sp³-hybridized carbons (Fsp3) is 0.333. The Bertz CT molecular complexity index is 486. The SMILES string of the molecule is CC(C)n1cc(CN)c2ccc(Cl)cc21. The van der Waals surface area contributed by atoms with Crippen molar-refractivity contribution in [3.05, 3.63) is 35.0 Å². The van der Waals surface area contributed by atoms with Gasteiger partial charge in [0.15, 0.2) is 0 Å². The highest BCUT2D eigenvalue weighted by Gasteiger charge is 2.09. The molecule has 80 valence electrons. The van der Waals surface area contributed by atoms with Gasteiger partial charge >= 0.3 is 0 Å². The Morgan fingerprint density at radius 3 is 2.73 bits per heavy atom. The average molecular weight is 223 g/mol. The summed E-state index contributed by atoms with van der Waals surface area (Å²) in [6, 6.07) is 6.37. The number of nitrogens with zero attached hydrogens (tertiary/aromatic N) is 1. The van der Waals surface area contributed by atoms with E-state index in [0.717, 1.165) is 10.5 Å². The summed E-state index contributed by atoms with van der Waals surface area (Å²) in [4.78, 5) is 0. The Morgan fingerprint density at radius 2 is 2.13 bits per heavy atom. The van der Waals surface area contributed by atoms with Gasteiger partial charge in [0.2, 0.25) is 0 Å². The van der Waals surface area contributed by atoms with E-state index in [-0.39, 0.29) is 0 Å². The Balaban J connectivity index is 2.76. The number of nitrogens with two attached hydrogens (primary N) is 1. The molecule has 2 N–H and O–H groups in total. The van der Waals surface area contributed by atoms with E-state index in [1.165, 1.54) is 10.9 Å². The Kier molecular flexibility index (Phi) is 2.72. The van der Waals surface area contributed by atoms with Crippen LogP contribution in [0.3, 0.4) is 0 Å². The van der Waals surface area contributed by atoms with Gasteiger partial charge in [0.1, 0.15) is 0 Å². The van der Waals surface area contributed by atoms with Crippen LogP contribution in [0, 0.1) is 0 Å². The first-order chi connectivity index (χ1) is 7.13. The molecular formula is C12H15ClN2. The summed E-state index contributed by atoms with van der Waals surface area (Å²) >= 11 is 6.00.